The predicted molar refractivity (Wildman–Crippen MR) is 109 cm³/mol. The number of nitrogens with zero attached hydrogens (tertiary/aromatic N) is 2. The molecule has 1 saturated heterocycles. The zero-order valence-corrected chi connectivity index (χ0v) is 17.1. The summed E-state index contributed by atoms with van der Waals surface area (Å²) >= 11 is 0. The highest BCUT2D eigenvalue weighted by Gasteiger charge is 2.36. The quantitative estimate of drug-likeness (QED) is 0.708. The number of esters is 1. The van der Waals surface area contributed by atoms with E-state index in [1.165, 1.54) is 0 Å². The maximum absolute atomic E-state index is 12.6. The number of hydrogen-bond acceptors (Lipinski definition) is 7. The lowest BCUT2D eigenvalue weighted by Gasteiger charge is -2.32. The van der Waals surface area contributed by atoms with E-state index >= 15 is 0 Å². The van der Waals surface area contributed by atoms with Crippen LogP contribution in [0.25, 0.3) is 0 Å². The van der Waals surface area contributed by atoms with Crippen molar-refractivity contribution in [2.24, 2.45) is 11.7 Å². The van der Waals surface area contributed by atoms with Gasteiger partial charge < -0.3 is 25.2 Å². The van der Waals surface area contributed by atoms with Gasteiger partial charge in [0.2, 0.25) is 5.88 Å². The topological polar surface area (TPSA) is 126 Å². The molecule has 8 nitrogen and oxygen atoms in total. The summed E-state index contributed by atoms with van der Waals surface area (Å²) in [4.78, 5) is 25.9. The number of carboxylic acids is 1. The Balaban J connectivity index is 1.89. The van der Waals surface area contributed by atoms with Gasteiger partial charge in [0.05, 0.1) is 24.0 Å². The molecule has 1 aromatic carbocycles. The van der Waals surface area contributed by atoms with Crippen molar-refractivity contribution in [1.29, 1.82) is 5.26 Å². The van der Waals surface area contributed by atoms with Gasteiger partial charge in [-0.15, -0.1) is 0 Å². The Labute approximate surface area is 175 Å². The van der Waals surface area contributed by atoms with Crippen LogP contribution >= 0.6 is 0 Å². The fourth-order valence-corrected chi connectivity index (χ4v) is 3.95. The smallest absolute Gasteiger partial charge is 0.338 e. The summed E-state index contributed by atoms with van der Waals surface area (Å²) in [6.07, 6.45) is 1.20. The molecule has 0 amide bonds. The van der Waals surface area contributed by atoms with Crippen molar-refractivity contribution in [2.45, 2.75) is 32.6 Å². The molecule has 30 heavy (non-hydrogen) atoms. The van der Waals surface area contributed by atoms with Gasteiger partial charge in [-0.05, 0) is 44.4 Å². The Kier molecular flexibility index (Phi) is 6.31. The lowest BCUT2D eigenvalue weighted by atomic mass is 9.83. The van der Waals surface area contributed by atoms with Crippen LogP contribution in [0.2, 0.25) is 0 Å². The van der Waals surface area contributed by atoms with Gasteiger partial charge in [0.1, 0.15) is 17.4 Å². The molecule has 2 aliphatic rings. The minimum Gasteiger partial charge on any atom is -0.481 e. The number of ether oxygens (including phenoxy) is 2. The summed E-state index contributed by atoms with van der Waals surface area (Å²) in [5.74, 6) is -1.96. The summed E-state index contributed by atoms with van der Waals surface area (Å²) in [7, 11) is 0. The largest absolute Gasteiger partial charge is 0.481 e. The molecule has 0 bridgehead atoms. The van der Waals surface area contributed by atoms with Crippen LogP contribution in [0.3, 0.4) is 0 Å². The number of rotatable bonds is 5. The van der Waals surface area contributed by atoms with Gasteiger partial charge >= 0.3 is 11.9 Å². The first-order valence-corrected chi connectivity index (χ1v) is 9.90. The molecule has 1 aromatic rings. The van der Waals surface area contributed by atoms with Crippen LogP contribution in [0.4, 0.5) is 5.69 Å². The minimum absolute atomic E-state index is 0.0205. The number of nitrogens with two attached hydrogens (primary N) is 1. The van der Waals surface area contributed by atoms with Crippen LogP contribution in [-0.4, -0.2) is 36.7 Å². The first-order valence-electron chi connectivity index (χ1n) is 9.90. The van der Waals surface area contributed by atoms with E-state index in [1.54, 1.807) is 13.8 Å². The number of anilines is 1. The highest BCUT2D eigenvalue weighted by atomic mass is 16.5. The van der Waals surface area contributed by atoms with E-state index in [1.807, 2.05) is 24.3 Å². The van der Waals surface area contributed by atoms with Crippen LogP contribution in [-0.2, 0) is 19.1 Å². The lowest BCUT2D eigenvalue weighted by Crippen LogP contribution is -2.36. The molecule has 0 radical (unpaired) electrons. The highest BCUT2D eigenvalue weighted by Crippen LogP contribution is 2.40. The van der Waals surface area contributed by atoms with E-state index < -0.39 is 17.9 Å². The van der Waals surface area contributed by atoms with Crippen LogP contribution in [0, 0.1) is 17.2 Å². The van der Waals surface area contributed by atoms with Crippen molar-refractivity contribution >= 4 is 17.6 Å². The van der Waals surface area contributed by atoms with E-state index in [2.05, 4.69) is 11.0 Å². The summed E-state index contributed by atoms with van der Waals surface area (Å²) in [5, 5.41) is 18.8. The molecule has 2 heterocycles. The summed E-state index contributed by atoms with van der Waals surface area (Å²) < 4.78 is 10.6. The number of carboxylic acid groups (broad SMARTS) is 1. The highest BCUT2D eigenvalue weighted by molar-refractivity contribution is 5.92. The second-order valence-corrected chi connectivity index (χ2v) is 7.31. The van der Waals surface area contributed by atoms with Crippen LogP contribution < -0.4 is 10.6 Å². The van der Waals surface area contributed by atoms with Crippen molar-refractivity contribution in [2.75, 3.05) is 24.6 Å². The molecule has 0 saturated carbocycles. The average Bonchev–Trinajstić information content (AvgIpc) is 2.73. The molecule has 8 heteroatoms. The number of allylic oxidation sites excluding steroid dienone is 2. The molecule has 3 N–H and O–H groups in total. The molecule has 1 unspecified atom stereocenters. The third-order valence-electron chi connectivity index (χ3n) is 5.54. The standard InChI is InChI=1S/C22H25N3O5/c1-3-29-22(28)18-13(2)30-20(24)17(12-23)19(18)14-4-6-16(7-5-14)25-10-8-15(9-11-25)21(26)27/h4-7,15,19H,3,8-11,24H2,1-2H3,(H,26,27). The number of carbonyl (C=O) groups excluding carboxylic acids is 1. The number of piperidine rings is 1. The zero-order valence-electron chi connectivity index (χ0n) is 17.1. The Hall–Kier alpha value is -3.47. The van der Waals surface area contributed by atoms with Gasteiger partial charge in [0, 0.05) is 18.8 Å². The maximum atomic E-state index is 12.6. The van der Waals surface area contributed by atoms with E-state index in [0.29, 0.717) is 31.7 Å². The van der Waals surface area contributed by atoms with E-state index in [-0.39, 0.29) is 29.6 Å². The molecule has 0 aromatic heterocycles. The van der Waals surface area contributed by atoms with E-state index in [4.69, 9.17) is 20.3 Å². The monoisotopic (exact) mass is 411 g/mol. The van der Waals surface area contributed by atoms with E-state index in [0.717, 1.165) is 11.3 Å². The van der Waals surface area contributed by atoms with Gasteiger partial charge in [0.15, 0.2) is 0 Å². The van der Waals surface area contributed by atoms with Crippen LogP contribution in [0.1, 0.15) is 38.2 Å². The van der Waals surface area contributed by atoms with Gasteiger partial charge in [-0.25, -0.2) is 4.79 Å². The number of carbonyl (C=O) groups is 2. The molecule has 1 atom stereocenters. The first-order chi connectivity index (χ1) is 14.4. The fraction of sp³-hybridized carbons (Fsp3) is 0.409. The van der Waals surface area contributed by atoms with Gasteiger partial charge in [-0.1, -0.05) is 12.1 Å². The van der Waals surface area contributed by atoms with Crippen molar-refractivity contribution in [3.63, 3.8) is 0 Å². The summed E-state index contributed by atoms with van der Waals surface area (Å²) in [6, 6.07) is 9.59. The number of nitriles is 1. The van der Waals surface area contributed by atoms with E-state index in [9.17, 15) is 14.9 Å². The van der Waals surface area contributed by atoms with Gasteiger partial charge in [-0.2, -0.15) is 5.26 Å². The SMILES string of the molecule is CCOC(=O)C1=C(C)OC(N)=C(C#N)C1c1ccc(N2CCC(C(=O)O)CC2)cc1. The third kappa shape index (κ3) is 4.10. The second kappa shape index (κ2) is 8.91. The van der Waals surface area contributed by atoms with Crippen molar-refractivity contribution < 1.29 is 24.2 Å². The number of aliphatic carboxylic acids is 1. The van der Waals surface area contributed by atoms with Crippen LogP contribution in [0.15, 0.2) is 47.1 Å². The fourth-order valence-electron chi connectivity index (χ4n) is 3.95. The molecule has 0 aliphatic carbocycles. The Bertz CT molecular complexity index is 935. The molecule has 2 aliphatic heterocycles. The number of benzene rings is 1. The molecule has 0 spiro atoms. The normalized spacial score (nSPS) is 19.9. The molecular formula is C22H25N3O5. The summed E-state index contributed by atoms with van der Waals surface area (Å²) in [5.41, 5.74) is 8.04. The van der Waals surface area contributed by atoms with Crippen LogP contribution in [0.5, 0.6) is 0 Å². The molecule has 158 valence electrons. The van der Waals surface area contributed by atoms with Gasteiger partial charge in [-0.3, -0.25) is 4.79 Å². The molecule has 1 fully saturated rings. The Morgan fingerprint density at radius 2 is 1.93 bits per heavy atom. The average molecular weight is 411 g/mol. The second-order valence-electron chi connectivity index (χ2n) is 7.31. The lowest BCUT2D eigenvalue weighted by molar-refractivity contribution is -0.142. The Morgan fingerprint density at radius 3 is 2.47 bits per heavy atom. The molecular weight excluding hydrogens is 386 g/mol. The number of hydrogen-bond donors (Lipinski definition) is 2. The Morgan fingerprint density at radius 1 is 1.30 bits per heavy atom. The predicted octanol–water partition coefficient (Wildman–Crippen LogP) is 2.63. The summed E-state index contributed by atoms with van der Waals surface area (Å²) in [6.45, 7) is 4.87. The van der Waals surface area contributed by atoms with Crippen molar-refractivity contribution in [3.8, 4) is 6.07 Å². The maximum Gasteiger partial charge on any atom is 0.338 e. The first kappa shape index (κ1) is 21.2. The molecule has 3 rings (SSSR count). The minimum atomic E-state index is -0.744. The van der Waals surface area contributed by atoms with Crippen molar-refractivity contribution in [3.05, 3.63) is 52.6 Å². The zero-order chi connectivity index (χ0) is 21.8. The van der Waals surface area contributed by atoms with Gasteiger partial charge in [0.25, 0.3) is 0 Å². The third-order valence-corrected chi connectivity index (χ3v) is 5.54. The van der Waals surface area contributed by atoms with Crippen molar-refractivity contribution in [1.82, 2.24) is 0 Å².